The Morgan fingerprint density at radius 2 is 1.86 bits per heavy atom. The topological polar surface area (TPSA) is 45.7 Å². The highest BCUT2D eigenvalue weighted by atomic mass is 127. The summed E-state index contributed by atoms with van der Waals surface area (Å²) >= 11 is 0. The number of benzene rings is 2. The van der Waals surface area contributed by atoms with Crippen LogP contribution in [-0.2, 0) is 16.6 Å². The van der Waals surface area contributed by atoms with Crippen LogP contribution in [0.1, 0.15) is 29.5 Å². The Bertz CT molecular complexity index is 806. The van der Waals surface area contributed by atoms with Gasteiger partial charge in [-0.15, -0.1) is 24.0 Å². The molecule has 1 saturated heterocycles. The van der Waals surface area contributed by atoms with Crippen molar-refractivity contribution in [3.05, 3.63) is 71.0 Å². The number of halogens is 2. The molecule has 158 valence electrons. The van der Waals surface area contributed by atoms with Gasteiger partial charge in [-0.05, 0) is 55.0 Å². The maximum Gasteiger partial charge on any atom is 0.191 e. The molecule has 0 unspecified atom stereocenters. The summed E-state index contributed by atoms with van der Waals surface area (Å²) in [4.78, 5) is 4.36. The summed E-state index contributed by atoms with van der Waals surface area (Å²) in [5, 5.41) is 6.86. The third-order valence-electron chi connectivity index (χ3n) is 5.58. The molecule has 0 spiro atoms. The van der Waals surface area contributed by atoms with Crippen molar-refractivity contribution in [2.75, 3.05) is 33.4 Å². The summed E-state index contributed by atoms with van der Waals surface area (Å²) in [5.41, 5.74) is 3.73. The molecular weight excluding hydrogens is 480 g/mol. The normalized spacial score (nSPS) is 16.0. The Kier molecular flexibility index (Phi) is 9.36. The van der Waals surface area contributed by atoms with Crippen molar-refractivity contribution in [3.63, 3.8) is 0 Å². The van der Waals surface area contributed by atoms with Crippen LogP contribution in [0.5, 0.6) is 0 Å². The van der Waals surface area contributed by atoms with Gasteiger partial charge in [0.25, 0.3) is 0 Å². The molecule has 4 nitrogen and oxygen atoms in total. The fourth-order valence-corrected chi connectivity index (χ4v) is 3.96. The van der Waals surface area contributed by atoms with E-state index in [1.54, 1.807) is 19.2 Å². The minimum absolute atomic E-state index is 0. The third kappa shape index (κ3) is 6.40. The molecule has 1 heterocycles. The maximum absolute atomic E-state index is 13.3. The molecule has 2 aromatic carbocycles. The van der Waals surface area contributed by atoms with E-state index < -0.39 is 0 Å². The average molecular weight is 511 g/mol. The summed E-state index contributed by atoms with van der Waals surface area (Å²) in [6.07, 6.45) is 2.73. The molecule has 2 N–H and O–H groups in total. The molecule has 0 bridgehead atoms. The summed E-state index contributed by atoms with van der Waals surface area (Å²) in [6.45, 7) is 5.24. The summed E-state index contributed by atoms with van der Waals surface area (Å²) in [6, 6.07) is 15.4. The fraction of sp³-hybridized carbons (Fsp3) is 0.435. The van der Waals surface area contributed by atoms with Crippen molar-refractivity contribution in [2.45, 2.75) is 31.6 Å². The zero-order chi connectivity index (χ0) is 19.8. The number of hydrogen-bond acceptors (Lipinski definition) is 2. The maximum atomic E-state index is 13.3. The second-order valence-electron chi connectivity index (χ2n) is 7.44. The van der Waals surface area contributed by atoms with E-state index in [1.807, 2.05) is 6.07 Å². The lowest BCUT2D eigenvalue weighted by molar-refractivity contribution is 0.0512. The smallest absolute Gasteiger partial charge is 0.191 e. The lowest BCUT2D eigenvalue weighted by Crippen LogP contribution is -2.48. The number of aryl methyl sites for hydroxylation is 1. The summed E-state index contributed by atoms with van der Waals surface area (Å²) < 4.78 is 19.0. The molecule has 2 aromatic rings. The SMILES string of the molecule is CN=C(NCCc1cccc(F)c1)NCC1(c2ccccc2C)CCOCC1.I. The van der Waals surface area contributed by atoms with Gasteiger partial charge in [-0.25, -0.2) is 4.39 Å². The molecule has 0 aliphatic carbocycles. The van der Waals surface area contributed by atoms with Crippen molar-refractivity contribution < 1.29 is 9.13 Å². The highest BCUT2D eigenvalue weighted by Crippen LogP contribution is 2.36. The van der Waals surface area contributed by atoms with Gasteiger partial charge in [0.05, 0.1) is 0 Å². The number of ether oxygens (including phenoxy) is 1. The Labute approximate surface area is 190 Å². The zero-order valence-electron chi connectivity index (χ0n) is 17.2. The van der Waals surface area contributed by atoms with Crippen LogP contribution in [0.2, 0.25) is 0 Å². The fourth-order valence-electron chi connectivity index (χ4n) is 3.96. The lowest BCUT2D eigenvalue weighted by Gasteiger charge is -2.39. The Morgan fingerprint density at radius 3 is 2.55 bits per heavy atom. The number of rotatable bonds is 6. The van der Waals surface area contributed by atoms with Gasteiger partial charge < -0.3 is 15.4 Å². The molecule has 0 saturated carbocycles. The number of nitrogens with zero attached hydrogens (tertiary/aromatic N) is 1. The van der Waals surface area contributed by atoms with Crippen LogP contribution in [-0.4, -0.2) is 39.3 Å². The largest absolute Gasteiger partial charge is 0.381 e. The lowest BCUT2D eigenvalue weighted by atomic mass is 9.72. The van der Waals surface area contributed by atoms with Crippen molar-refractivity contribution in [1.82, 2.24) is 10.6 Å². The Morgan fingerprint density at radius 1 is 1.10 bits per heavy atom. The minimum Gasteiger partial charge on any atom is -0.381 e. The van der Waals surface area contributed by atoms with E-state index in [2.05, 4.69) is 46.8 Å². The van der Waals surface area contributed by atoms with Crippen LogP contribution in [0.15, 0.2) is 53.5 Å². The zero-order valence-corrected chi connectivity index (χ0v) is 19.5. The van der Waals surface area contributed by atoms with E-state index in [-0.39, 0.29) is 35.2 Å². The first-order chi connectivity index (χ1) is 13.6. The first-order valence-electron chi connectivity index (χ1n) is 9.96. The Hall–Kier alpha value is -1.67. The van der Waals surface area contributed by atoms with Gasteiger partial charge in [0, 0.05) is 38.8 Å². The molecule has 0 radical (unpaired) electrons. The van der Waals surface area contributed by atoms with Crippen LogP contribution >= 0.6 is 24.0 Å². The van der Waals surface area contributed by atoms with Crippen LogP contribution < -0.4 is 10.6 Å². The standard InChI is InChI=1S/C23H30FN3O.HI/c1-18-6-3-4-9-21(18)23(11-14-28-15-12-23)17-27-22(25-2)26-13-10-19-7-5-8-20(24)16-19;/h3-9,16H,10-15,17H2,1-2H3,(H2,25,26,27);1H. The van der Waals surface area contributed by atoms with Gasteiger partial charge in [-0.2, -0.15) is 0 Å². The molecule has 6 heteroatoms. The first-order valence-corrected chi connectivity index (χ1v) is 9.96. The van der Waals surface area contributed by atoms with Crippen LogP contribution in [0.4, 0.5) is 4.39 Å². The highest BCUT2D eigenvalue weighted by molar-refractivity contribution is 14.0. The van der Waals surface area contributed by atoms with Crippen molar-refractivity contribution in [1.29, 1.82) is 0 Å². The van der Waals surface area contributed by atoms with Gasteiger partial charge in [0.15, 0.2) is 5.96 Å². The van der Waals surface area contributed by atoms with Crippen LogP contribution in [0, 0.1) is 12.7 Å². The monoisotopic (exact) mass is 511 g/mol. The van der Waals surface area contributed by atoms with Gasteiger partial charge in [-0.1, -0.05) is 36.4 Å². The van der Waals surface area contributed by atoms with E-state index in [0.29, 0.717) is 6.54 Å². The Balaban J connectivity index is 0.00000300. The minimum atomic E-state index is -0.195. The van der Waals surface area contributed by atoms with Crippen LogP contribution in [0.25, 0.3) is 0 Å². The van der Waals surface area contributed by atoms with Crippen molar-refractivity contribution in [2.24, 2.45) is 4.99 Å². The molecular formula is C23H31FIN3O. The molecule has 29 heavy (non-hydrogen) atoms. The molecule has 1 fully saturated rings. The number of guanidine groups is 1. The molecule has 0 aromatic heterocycles. The van der Waals surface area contributed by atoms with E-state index in [0.717, 1.165) is 50.5 Å². The van der Waals surface area contributed by atoms with Crippen molar-refractivity contribution in [3.8, 4) is 0 Å². The third-order valence-corrected chi connectivity index (χ3v) is 5.58. The quantitative estimate of drug-likeness (QED) is 0.347. The van der Waals surface area contributed by atoms with Gasteiger partial charge in [-0.3, -0.25) is 4.99 Å². The van der Waals surface area contributed by atoms with E-state index >= 15 is 0 Å². The number of nitrogens with one attached hydrogen (secondary N) is 2. The van der Waals surface area contributed by atoms with E-state index in [9.17, 15) is 4.39 Å². The number of aliphatic imine (C=N–C) groups is 1. The second kappa shape index (κ2) is 11.5. The predicted octanol–water partition coefficient (Wildman–Crippen LogP) is 4.21. The number of hydrogen-bond donors (Lipinski definition) is 2. The van der Waals surface area contributed by atoms with E-state index in [4.69, 9.17) is 4.74 Å². The highest BCUT2D eigenvalue weighted by Gasteiger charge is 2.35. The second-order valence-corrected chi connectivity index (χ2v) is 7.44. The molecule has 0 amide bonds. The predicted molar refractivity (Wildman–Crippen MR) is 128 cm³/mol. The average Bonchev–Trinajstić information content (AvgIpc) is 2.71. The molecule has 1 aliphatic heterocycles. The van der Waals surface area contributed by atoms with Crippen molar-refractivity contribution >= 4 is 29.9 Å². The van der Waals surface area contributed by atoms with E-state index in [1.165, 1.54) is 17.2 Å². The molecule has 0 atom stereocenters. The van der Waals surface area contributed by atoms with Gasteiger partial charge >= 0.3 is 0 Å². The first kappa shape index (κ1) is 23.6. The summed E-state index contributed by atoms with van der Waals surface area (Å²) in [7, 11) is 1.78. The van der Waals surface area contributed by atoms with Crippen LogP contribution in [0.3, 0.4) is 0 Å². The molecule has 1 aliphatic rings. The van der Waals surface area contributed by atoms with Gasteiger partial charge in [0.2, 0.25) is 0 Å². The van der Waals surface area contributed by atoms with Gasteiger partial charge in [0.1, 0.15) is 5.82 Å². The molecule has 3 rings (SSSR count). The summed E-state index contributed by atoms with van der Waals surface area (Å²) in [5.74, 6) is 0.579.